The molecule has 0 atom stereocenters. The van der Waals surface area contributed by atoms with Gasteiger partial charge < -0.3 is 0 Å². The number of pyridine rings is 1. The van der Waals surface area contributed by atoms with Gasteiger partial charge in [-0.1, -0.05) is 11.6 Å². The van der Waals surface area contributed by atoms with Gasteiger partial charge in [0.25, 0.3) is 0 Å². The second kappa shape index (κ2) is 3.82. The Morgan fingerprint density at radius 3 is 3.00 bits per heavy atom. The largest absolute Gasteiger partial charge is 0.279 e. The number of nitrogens with one attached hydrogen (secondary N) is 1. The Labute approximate surface area is 86.6 Å². The predicted molar refractivity (Wildman–Crippen MR) is 57.4 cm³/mol. The molecule has 2 rings (SSSR count). The number of fused-ring (bicyclic) bond motifs is 1. The average Bonchev–Trinajstić information content (AvgIpc) is 2.18. The molecule has 0 aliphatic rings. The van der Waals surface area contributed by atoms with Crippen LogP contribution in [-0.2, 0) is 4.84 Å². The van der Waals surface area contributed by atoms with E-state index in [0.29, 0.717) is 5.02 Å². The highest BCUT2D eigenvalue weighted by Crippen LogP contribution is 2.23. The minimum absolute atomic E-state index is 0.680. The van der Waals surface area contributed by atoms with Crippen LogP contribution in [0.25, 0.3) is 10.9 Å². The molecule has 1 heterocycles. The summed E-state index contributed by atoms with van der Waals surface area (Å²) in [4.78, 5) is 9.06. The van der Waals surface area contributed by atoms with Crippen molar-refractivity contribution in [1.82, 2.24) is 4.98 Å². The third kappa shape index (κ3) is 1.64. The van der Waals surface area contributed by atoms with Gasteiger partial charge in [0.2, 0.25) is 0 Å². The molecule has 0 amide bonds. The van der Waals surface area contributed by atoms with E-state index >= 15 is 0 Å². The summed E-state index contributed by atoms with van der Waals surface area (Å²) in [6.07, 6.45) is 1.71. The molecular weight excluding hydrogens is 200 g/mol. The standard InChI is InChI=1S/C10H9ClN2O/c1-14-13-9-4-5-12-10-6-7(11)2-3-8(9)10/h2-6H,1H3,(H,12,13). The predicted octanol–water partition coefficient (Wildman–Crippen LogP) is 2.86. The molecule has 0 saturated heterocycles. The lowest BCUT2D eigenvalue weighted by Gasteiger charge is -2.06. The summed E-state index contributed by atoms with van der Waals surface area (Å²) in [5, 5.41) is 1.67. The van der Waals surface area contributed by atoms with Crippen molar-refractivity contribution in [3.8, 4) is 0 Å². The normalized spacial score (nSPS) is 10.4. The smallest absolute Gasteiger partial charge is 0.0738 e. The molecule has 4 heteroatoms. The fourth-order valence-corrected chi connectivity index (χ4v) is 1.49. The van der Waals surface area contributed by atoms with Crippen molar-refractivity contribution in [1.29, 1.82) is 0 Å². The monoisotopic (exact) mass is 208 g/mol. The molecular formula is C10H9ClN2O. The molecule has 0 radical (unpaired) electrons. The van der Waals surface area contributed by atoms with Crippen LogP contribution < -0.4 is 5.48 Å². The Balaban J connectivity index is 2.62. The van der Waals surface area contributed by atoms with Crippen molar-refractivity contribution in [3.05, 3.63) is 35.5 Å². The molecule has 0 unspecified atom stereocenters. The number of benzene rings is 1. The van der Waals surface area contributed by atoms with Gasteiger partial charge in [-0.25, -0.2) is 0 Å². The molecule has 3 nitrogen and oxygen atoms in total. The molecule has 0 fully saturated rings. The number of rotatable bonds is 2. The summed E-state index contributed by atoms with van der Waals surface area (Å²) in [5.74, 6) is 0. The van der Waals surface area contributed by atoms with E-state index in [1.165, 1.54) is 0 Å². The minimum Gasteiger partial charge on any atom is -0.279 e. The van der Waals surface area contributed by atoms with Crippen molar-refractivity contribution in [3.63, 3.8) is 0 Å². The molecule has 1 aromatic heterocycles. The van der Waals surface area contributed by atoms with Gasteiger partial charge in [-0.05, 0) is 24.3 Å². The molecule has 14 heavy (non-hydrogen) atoms. The first-order valence-electron chi connectivity index (χ1n) is 4.14. The Bertz CT molecular complexity index is 459. The number of aromatic nitrogens is 1. The van der Waals surface area contributed by atoms with Gasteiger partial charge in [0, 0.05) is 16.6 Å². The van der Waals surface area contributed by atoms with E-state index in [4.69, 9.17) is 16.4 Å². The Morgan fingerprint density at radius 1 is 1.36 bits per heavy atom. The SMILES string of the molecule is CONc1ccnc2cc(Cl)ccc12. The Kier molecular flexibility index (Phi) is 2.52. The highest BCUT2D eigenvalue weighted by Gasteiger charge is 2.01. The highest BCUT2D eigenvalue weighted by atomic mass is 35.5. The zero-order valence-corrected chi connectivity index (χ0v) is 8.38. The van der Waals surface area contributed by atoms with Gasteiger partial charge >= 0.3 is 0 Å². The fourth-order valence-electron chi connectivity index (χ4n) is 1.32. The van der Waals surface area contributed by atoms with E-state index < -0.39 is 0 Å². The molecule has 0 bridgehead atoms. The first-order valence-corrected chi connectivity index (χ1v) is 4.52. The van der Waals surface area contributed by atoms with Crippen LogP contribution in [0.3, 0.4) is 0 Å². The topological polar surface area (TPSA) is 34.1 Å². The zero-order valence-electron chi connectivity index (χ0n) is 7.62. The van der Waals surface area contributed by atoms with Crippen LogP contribution in [0, 0.1) is 0 Å². The highest BCUT2D eigenvalue weighted by molar-refractivity contribution is 6.31. The van der Waals surface area contributed by atoms with E-state index in [0.717, 1.165) is 16.6 Å². The van der Waals surface area contributed by atoms with Crippen LogP contribution in [0.4, 0.5) is 5.69 Å². The van der Waals surface area contributed by atoms with Crippen molar-refractivity contribution >= 4 is 28.2 Å². The maximum Gasteiger partial charge on any atom is 0.0738 e. The van der Waals surface area contributed by atoms with Crippen LogP contribution in [-0.4, -0.2) is 12.1 Å². The summed E-state index contributed by atoms with van der Waals surface area (Å²) >= 11 is 5.86. The quantitative estimate of drug-likeness (QED) is 0.771. The van der Waals surface area contributed by atoms with Gasteiger partial charge in [0.05, 0.1) is 18.3 Å². The molecule has 1 aromatic carbocycles. The van der Waals surface area contributed by atoms with Crippen LogP contribution in [0.2, 0.25) is 5.02 Å². The van der Waals surface area contributed by atoms with E-state index in [2.05, 4.69) is 10.5 Å². The van der Waals surface area contributed by atoms with Crippen LogP contribution in [0.5, 0.6) is 0 Å². The van der Waals surface area contributed by atoms with Gasteiger partial charge in [0.1, 0.15) is 0 Å². The van der Waals surface area contributed by atoms with Gasteiger partial charge in [-0.3, -0.25) is 15.3 Å². The minimum atomic E-state index is 0.680. The number of hydrogen-bond acceptors (Lipinski definition) is 3. The first-order chi connectivity index (χ1) is 6.81. The van der Waals surface area contributed by atoms with Crippen molar-refractivity contribution in [2.24, 2.45) is 0 Å². The van der Waals surface area contributed by atoms with E-state index in [1.807, 2.05) is 24.3 Å². The van der Waals surface area contributed by atoms with E-state index in [9.17, 15) is 0 Å². The maximum atomic E-state index is 5.86. The summed E-state index contributed by atoms with van der Waals surface area (Å²) in [7, 11) is 1.57. The summed E-state index contributed by atoms with van der Waals surface area (Å²) in [5.41, 5.74) is 4.52. The average molecular weight is 209 g/mol. The van der Waals surface area contributed by atoms with Gasteiger partial charge in [0.15, 0.2) is 0 Å². The number of halogens is 1. The van der Waals surface area contributed by atoms with Gasteiger partial charge in [-0.15, -0.1) is 0 Å². The molecule has 0 aliphatic heterocycles. The number of anilines is 1. The molecule has 0 spiro atoms. The third-order valence-electron chi connectivity index (χ3n) is 1.92. The Morgan fingerprint density at radius 2 is 2.21 bits per heavy atom. The van der Waals surface area contributed by atoms with Crippen LogP contribution in [0.15, 0.2) is 30.5 Å². The lowest BCUT2D eigenvalue weighted by Crippen LogP contribution is -1.96. The molecule has 0 saturated carbocycles. The van der Waals surface area contributed by atoms with Crippen molar-refractivity contribution in [2.75, 3.05) is 12.6 Å². The fraction of sp³-hybridized carbons (Fsp3) is 0.100. The molecule has 2 aromatic rings. The zero-order chi connectivity index (χ0) is 9.97. The second-order valence-corrected chi connectivity index (χ2v) is 3.26. The number of hydrogen-bond donors (Lipinski definition) is 1. The van der Waals surface area contributed by atoms with Crippen molar-refractivity contribution in [2.45, 2.75) is 0 Å². The van der Waals surface area contributed by atoms with Crippen molar-refractivity contribution < 1.29 is 4.84 Å². The summed E-state index contributed by atoms with van der Waals surface area (Å²) in [6.45, 7) is 0. The lowest BCUT2D eigenvalue weighted by atomic mass is 10.2. The molecule has 0 aliphatic carbocycles. The number of nitrogens with zero attached hydrogens (tertiary/aromatic N) is 1. The van der Waals surface area contributed by atoms with E-state index in [1.54, 1.807) is 13.3 Å². The first kappa shape index (κ1) is 9.24. The van der Waals surface area contributed by atoms with Crippen LogP contribution >= 0.6 is 11.6 Å². The van der Waals surface area contributed by atoms with E-state index in [-0.39, 0.29) is 0 Å². The maximum absolute atomic E-state index is 5.86. The van der Waals surface area contributed by atoms with Gasteiger partial charge in [-0.2, -0.15) is 0 Å². The Hall–Kier alpha value is -1.32. The third-order valence-corrected chi connectivity index (χ3v) is 2.15. The summed E-state index contributed by atoms with van der Waals surface area (Å²) in [6, 6.07) is 7.40. The molecule has 1 N–H and O–H groups in total. The lowest BCUT2D eigenvalue weighted by molar-refractivity contribution is 0.271. The second-order valence-electron chi connectivity index (χ2n) is 2.83. The molecule has 72 valence electrons. The van der Waals surface area contributed by atoms with Crippen LogP contribution in [0.1, 0.15) is 0 Å². The summed E-state index contributed by atoms with van der Waals surface area (Å²) < 4.78 is 0.